The number of ketones is 1. The standard InChI is InChI=1S/C25H21NO4/c1-16-9-8-12-18(15-16)26-22(19-13-6-7-14-20(19)30-2)21(24(28)25(26)29)23(27)17-10-4-3-5-11-17/h3-15,22,27H,1-2H3. The third kappa shape index (κ3) is 3.24. The average Bonchev–Trinajstić information content (AvgIpc) is 3.04. The van der Waals surface area contributed by atoms with Crippen molar-refractivity contribution in [2.45, 2.75) is 13.0 Å². The Morgan fingerprint density at radius 2 is 1.63 bits per heavy atom. The minimum Gasteiger partial charge on any atom is -0.507 e. The minimum absolute atomic E-state index is 0.0391. The van der Waals surface area contributed by atoms with Gasteiger partial charge in [0.1, 0.15) is 11.5 Å². The van der Waals surface area contributed by atoms with Gasteiger partial charge in [0.25, 0.3) is 11.7 Å². The number of para-hydroxylation sites is 1. The lowest BCUT2D eigenvalue weighted by molar-refractivity contribution is -0.132. The van der Waals surface area contributed by atoms with Crippen LogP contribution >= 0.6 is 0 Å². The number of amides is 1. The summed E-state index contributed by atoms with van der Waals surface area (Å²) < 4.78 is 5.52. The zero-order chi connectivity index (χ0) is 21.3. The Labute approximate surface area is 174 Å². The minimum atomic E-state index is -0.817. The first kappa shape index (κ1) is 19.5. The van der Waals surface area contributed by atoms with Crippen LogP contribution in [-0.4, -0.2) is 23.9 Å². The third-order valence-electron chi connectivity index (χ3n) is 5.20. The molecule has 1 fully saturated rings. The van der Waals surface area contributed by atoms with Gasteiger partial charge in [-0.1, -0.05) is 60.7 Å². The number of hydrogen-bond acceptors (Lipinski definition) is 4. The van der Waals surface area contributed by atoms with Crippen LogP contribution in [-0.2, 0) is 9.59 Å². The SMILES string of the molecule is COc1ccccc1C1C(=C(O)c2ccccc2)C(=O)C(=O)N1c1cccc(C)c1. The highest BCUT2D eigenvalue weighted by Gasteiger charge is 2.47. The van der Waals surface area contributed by atoms with E-state index in [0.717, 1.165) is 5.56 Å². The Balaban J connectivity index is 2.00. The molecular formula is C25H21NO4. The summed E-state index contributed by atoms with van der Waals surface area (Å²) in [5.74, 6) is -1.09. The molecule has 5 nitrogen and oxygen atoms in total. The molecule has 1 aliphatic rings. The van der Waals surface area contributed by atoms with Crippen LogP contribution in [0.2, 0.25) is 0 Å². The summed E-state index contributed by atoms with van der Waals surface area (Å²) in [4.78, 5) is 27.7. The lowest BCUT2D eigenvalue weighted by atomic mass is 9.94. The van der Waals surface area contributed by atoms with Gasteiger partial charge in [-0.2, -0.15) is 0 Å². The van der Waals surface area contributed by atoms with E-state index >= 15 is 0 Å². The number of Topliss-reactive ketones (excluding diaryl/α,β-unsaturated/α-hetero) is 1. The van der Waals surface area contributed by atoms with E-state index in [1.165, 1.54) is 12.0 Å². The molecule has 1 aliphatic heterocycles. The van der Waals surface area contributed by atoms with Crippen molar-refractivity contribution in [3.05, 3.63) is 101 Å². The van der Waals surface area contributed by atoms with Crippen molar-refractivity contribution in [3.63, 3.8) is 0 Å². The fraction of sp³-hybridized carbons (Fsp3) is 0.120. The number of rotatable bonds is 4. The number of hydrogen-bond donors (Lipinski definition) is 1. The summed E-state index contributed by atoms with van der Waals surface area (Å²) in [6, 6.07) is 22.5. The molecule has 1 heterocycles. The summed E-state index contributed by atoms with van der Waals surface area (Å²) >= 11 is 0. The van der Waals surface area contributed by atoms with Crippen LogP contribution in [0.1, 0.15) is 22.7 Å². The second-order valence-electron chi connectivity index (χ2n) is 7.12. The van der Waals surface area contributed by atoms with E-state index in [-0.39, 0.29) is 11.3 Å². The number of ether oxygens (including phenoxy) is 1. The Hall–Kier alpha value is -3.86. The molecule has 30 heavy (non-hydrogen) atoms. The summed E-state index contributed by atoms with van der Waals surface area (Å²) in [5, 5.41) is 11.1. The smallest absolute Gasteiger partial charge is 0.300 e. The molecule has 0 saturated carbocycles. The highest BCUT2D eigenvalue weighted by atomic mass is 16.5. The zero-order valence-electron chi connectivity index (χ0n) is 16.7. The Kier molecular flexibility index (Phi) is 5.11. The van der Waals surface area contributed by atoms with Gasteiger partial charge in [0.05, 0.1) is 18.7 Å². The summed E-state index contributed by atoms with van der Waals surface area (Å²) in [6.07, 6.45) is 0. The van der Waals surface area contributed by atoms with Crippen LogP contribution in [0.5, 0.6) is 5.75 Å². The topological polar surface area (TPSA) is 66.8 Å². The van der Waals surface area contributed by atoms with Crippen molar-refractivity contribution in [2.24, 2.45) is 0 Å². The van der Waals surface area contributed by atoms with Crippen molar-refractivity contribution >= 4 is 23.1 Å². The van der Waals surface area contributed by atoms with Gasteiger partial charge >= 0.3 is 0 Å². The Bertz CT molecular complexity index is 1150. The fourth-order valence-corrected chi connectivity index (χ4v) is 3.81. The summed E-state index contributed by atoms with van der Waals surface area (Å²) in [6.45, 7) is 1.92. The van der Waals surface area contributed by atoms with E-state index in [0.29, 0.717) is 22.6 Å². The maximum atomic E-state index is 13.1. The molecule has 0 aliphatic carbocycles. The molecule has 0 spiro atoms. The number of aryl methyl sites for hydroxylation is 1. The van der Waals surface area contributed by atoms with Gasteiger partial charge in [-0.15, -0.1) is 0 Å². The predicted octanol–water partition coefficient (Wildman–Crippen LogP) is 4.63. The van der Waals surface area contributed by atoms with Gasteiger partial charge in [0, 0.05) is 16.8 Å². The monoisotopic (exact) mass is 399 g/mol. The number of methoxy groups -OCH3 is 1. The highest BCUT2D eigenvalue weighted by Crippen LogP contribution is 2.44. The predicted molar refractivity (Wildman–Crippen MR) is 115 cm³/mol. The van der Waals surface area contributed by atoms with Crippen molar-refractivity contribution in [1.29, 1.82) is 0 Å². The molecule has 5 heteroatoms. The van der Waals surface area contributed by atoms with E-state index < -0.39 is 17.7 Å². The number of aliphatic hydroxyl groups excluding tert-OH is 1. The van der Waals surface area contributed by atoms with Crippen LogP contribution < -0.4 is 9.64 Å². The van der Waals surface area contributed by atoms with Crippen molar-refractivity contribution in [2.75, 3.05) is 12.0 Å². The second-order valence-corrected chi connectivity index (χ2v) is 7.12. The normalized spacial score (nSPS) is 17.9. The lowest BCUT2D eigenvalue weighted by Crippen LogP contribution is -2.29. The number of carbonyl (C=O) groups is 2. The first-order valence-corrected chi connectivity index (χ1v) is 9.59. The number of nitrogens with zero attached hydrogens (tertiary/aromatic N) is 1. The van der Waals surface area contributed by atoms with Crippen LogP contribution in [0.25, 0.3) is 5.76 Å². The molecular weight excluding hydrogens is 378 g/mol. The van der Waals surface area contributed by atoms with E-state index in [4.69, 9.17) is 4.74 Å². The fourth-order valence-electron chi connectivity index (χ4n) is 3.81. The quantitative estimate of drug-likeness (QED) is 0.395. The van der Waals surface area contributed by atoms with Gasteiger partial charge in [0.15, 0.2) is 0 Å². The molecule has 3 aromatic carbocycles. The highest BCUT2D eigenvalue weighted by molar-refractivity contribution is 6.51. The van der Waals surface area contributed by atoms with Crippen molar-refractivity contribution < 1.29 is 19.4 Å². The number of aliphatic hydroxyl groups is 1. The molecule has 3 aromatic rings. The molecule has 1 atom stereocenters. The van der Waals surface area contributed by atoms with Gasteiger partial charge < -0.3 is 9.84 Å². The third-order valence-corrected chi connectivity index (χ3v) is 5.20. The van der Waals surface area contributed by atoms with Crippen LogP contribution in [0.3, 0.4) is 0 Å². The molecule has 1 amide bonds. The average molecular weight is 399 g/mol. The van der Waals surface area contributed by atoms with Gasteiger partial charge in [0.2, 0.25) is 0 Å². The Morgan fingerprint density at radius 1 is 0.933 bits per heavy atom. The summed E-state index contributed by atoms with van der Waals surface area (Å²) in [5.41, 5.74) is 2.67. The molecule has 0 bridgehead atoms. The molecule has 0 radical (unpaired) electrons. The largest absolute Gasteiger partial charge is 0.507 e. The van der Waals surface area contributed by atoms with E-state index in [1.54, 1.807) is 42.5 Å². The molecule has 0 aromatic heterocycles. The van der Waals surface area contributed by atoms with Gasteiger partial charge in [-0.05, 0) is 30.7 Å². The Morgan fingerprint density at radius 3 is 2.33 bits per heavy atom. The maximum absolute atomic E-state index is 13.1. The van der Waals surface area contributed by atoms with Crippen LogP contribution in [0.15, 0.2) is 84.4 Å². The molecule has 1 saturated heterocycles. The molecule has 150 valence electrons. The maximum Gasteiger partial charge on any atom is 0.300 e. The molecule has 4 rings (SSSR count). The van der Waals surface area contributed by atoms with Gasteiger partial charge in [-0.25, -0.2) is 0 Å². The van der Waals surface area contributed by atoms with Crippen LogP contribution in [0, 0.1) is 6.92 Å². The van der Waals surface area contributed by atoms with E-state index in [2.05, 4.69) is 0 Å². The summed E-state index contributed by atoms with van der Waals surface area (Å²) in [7, 11) is 1.54. The van der Waals surface area contributed by atoms with E-state index in [9.17, 15) is 14.7 Å². The van der Waals surface area contributed by atoms with Gasteiger partial charge in [-0.3, -0.25) is 14.5 Å². The first-order valence-electron chi connectivity index (χ1n) is 9.59. The number of benzene rings is 3. The van der Waals surface area contributed by atoms with Crippen molar-refractivity contribution in [1.82, 2.24) is 0 Å². The molecule has 1 unspecified atom stereocenters. The number of carbonyl (C=O) groups excluding carboxylic acids is 2. The lowest BCUT2D eigenvalue weighted by Gasteiger charge is -2.26. The van der Waals surface area contributed by atoms with Crippen molar-refractivity contribution in [3.8, 4) is 5.75 Å². The second kappa shape index (κ2) is 7.87. The first-order chi connectivity index (χ1) is 14.5. The van der Waals surface area contributed by atoms with E-state index in [1.807, 2.05) is 43.3 Å². The van der Waals surface area contributed by atoms with Crippen LogP contribution in [0.4, 0.5) is 5.69 Å². The number of anilines is 1. The molecule has 1 N–H and O–H groups in total. The zero-order valence-corrected chi connectivity index (χ0v) is 16.7.